The van der Waals surface area contributed by atoms with Crippen molar-refractivity contribution in [3.05, 3.63) is 70.2 Å². The Morgan fingerprint density at radius 3 is 2.55 bits per heavy atom. The van der Waals surface area contributed by atoms with Crippen LogP contribution in [0.2, 0.25) is 0 Å². The van der Waals surface area contributed by atoms with E-state index in [0.717, 1.165) is 62.6 Å². The lowest BCUT2D eigenvalue weighted by molar-refractivity contribution is -0.136. The summed E-state index contributed by atoms with van der Waals surface area (Å²) in [6, 6.07) is 6.95. The molecule has 56 heavy (non-hydrogen) atoms. The summed E-state index contributed by atoms with van der Waals surface area (Å²) in [4.78, 5) is 57.4. The van der Waals surface area contributed by atoms with Crippen LogP contribution >= 0.6 is 15.9 Å². The molecular formula is C37H39BrN12O5S. The van der Waals surface area contributed by atoms with Crippen molar-refractivity contribution in [1.29, 1.82) is 0 Å². The third-order valence-corrected chi connectivity index (χ3v) is 13.8. The number of piperazine rings is 1. The van der Waals surface area contributed by atoms with Crippen LogP contribution in [0.1, 0.15) is 67.1 Å². The molecule has 19 heteroatoms. The fraction of sp³-hybridized carbons (Fsp3) is 0.405. The average molecular weight is 844 g/mol. The van der Waals surface area contributed by atoms with E-state index >= 15 is 0 Å². The number of piperidine rings is 1. The van der Waals surface area contributed by atoms with Gasteiger partial charge in [0.05, 0.1) is 34.1 Å². The molecule has 1 atom stereocenters. The highest BCUT2D eigenvalue weighted by molar-refractivity contribution is 9.10. The summed E-state index contributed by atoms with van der Waals surface area (Å²) >= 11 is 3.78. The van der Waals surface area contributed by atoms with Gasteiger partial charge in [0.25, 0.3) is 15.9 Å². The highest BCUT2D eigenvalue weighted by atomic mass is 79.9. The molecular weight excluding hydrogens is 804 g/mol. The Balaban J connectivity index is 0.873. The molecule has 1 aliphatic carbocycles. The summed E-state index contributed by atoms with van der Waals surface area (Å²) in [6.07, 6.45) is 8.20. The van der Waals surface area contributed by atoms with Gasteiger partial charge in [0.1, 0.15) is 17.7 Å². The fourth-order valence-electron chi connectivity index (χ4n) is 7.62. The molecule has 17 nitrogen and oxygen atoms in total. The molecule has 290 valence electrons. The van der Waals surface area contributed by atoms with Gasteiger partial charge in [-0.2, -0.15) is 14.3 Å². The van der Waals surface area contributed by atoms with Gasteiger partial charge in [-0.15, -0.1) is 0 Å². The molecule has 1 unspecified atom stereocenters. The Bertz CT molecular complexity index is 2530. The third kappa shape index (κ3) is 6.60. The SMILES string of the molecule is CC(C)n1nc(N2CCN(Cc3ccc4c(c3Br)CN(C3CCC(=O)NC3=O)C4=O)CC2)c2cnc(Nc3ccnc(-c4cnn(S(=O)(=O)C5CC5)c4)n3)cc21. The van der Waals surface area contributed by atoms with Crippen molar-refractivity contribution in [2.75, 3.05) is 36.4 Å². The number of nitrogens with one attached hydrogen (secondary N) is 2. The summed E-state index contributed by atoms with van der Waals surface area (Å²) in [7, 11) is -3.50. The predicted octanol–water partition coefficient (Wildman–Crippen LogP) is 3.60. The molecule has 2 N–H and O–H groups in total. The van der Waals surface area contributed by atoms with Gasteiger partial charge in [0, 0.05) is 80.2 Å². The van der Waals surface area contributed by atoms with E-state index in [-0.39, 0.29) is 29.5 Å². The van der Waals surface area contributed by atoms with Crippen molar-refractivity contribution in [3.63, 3.8) is 0 Å². The molecule has 2 saturated heterocycles. The normalized spacial score (nSPS) is 19.3. The first kappa shape index (κ1) is 36.4. The van der Waals surface area contributed by atoms with Crippen LogP contribution in [-0.4, -0.2) is 107 Å². The molecule has 0 bridgehead atoms. The minimum absolute atomic E-state index is 0.0897. The summed E-state index contributed by atoms with van der Waals surface area (Å²) in [5.74, 6) is 1.39. The zero-order valence-electron chi connectivity index (χ0n) is 30.7. The van der Waals surface area contributed by atoms with E-state index in [4.69, 9.17) is 10.1 Å². The Morgan fingerprint density at radius 1 is 1.00 bits per heavy atom. The smallest absolute Gasteiger partial charge is 0.256 e. The van der Waals surface area contributed by atoms with E-state index in [0.29, 0.717) is 60.9 Å². The number of fused-ring (bicyclic) bond motifs is 2. The van der Waals surface area contributed by atoms with Gasteiger partial charge in [0.15, 0.2) is 11.6 Å². The van der Waals surface area contributed by atoms with E-state index in [9.17, 15) is 22.8 Å². The van der Waals surface area contributed by atoms with E-state index in [1.54, 1.807) is 17.2 Å². The van der Waals surface area contributed by atoms with Crippen molar-refractivity contribution < 1.29 is 22.8 Å². The number of hydrogen-bond donors (Lipinski definition) is 2. The van der Waals surface area contributed by atoms with Gasteiger partial charge in [-0.25, -0.2) is 23.4 Å². The summed E-state index contributed by atoms with van der Waals surface area (Å²) < 4.78 is 29.2. The van der Waals surface area contributed by atoms with Crippen molar-refractivity contribution in [2.45, 2.75) is 70.0 Å². The number of carbonyl (C=O) groups is 3. The number of imide groups is 1. The Hall–Kier alpha value is -5.27. The summed E-state index contributed by atoms with van der Waals surface area (Å²) in [5.41, 5.74) is 3.96. The maximum Gasteiger partial charge on any atom is 0.256 e. The first-order chi connectivity index (χ1) is 26.9. The van der Waals surface area contributed by atoms with Gasteiger partial charge in [-0.1, -0.05) is 22.0 Å². The van der Waals surface area contributed by atoms with Crippen LogP contribution in [0.25, 0.3) is 22.3 Å². The van der Waals surface area contributed by atoms with Gasteiger partial charge in [-0.3, -0.25) is 29.3 Å². The number of halogens is 1. The highest BCUT2D eigenvalue weighted by Gasteiger charge is 2.40. The maximum atomic E-state index is 13.3. The van der Waals surface area contributed by atoms with Crippen LogP contribution in [0.4, 0.5) is 17.5 Å². The van der Waals surface area contributed by atoms with E-state index < -0.39 is 22.0 Å². The summed E-state index contributed by atoms with van der Waals surface area (Å²) in [5, 5.41) is 15.3. The van der Waals surface area contributed by atoms with Crippen LogP contribution in [0.3, 0.4) is 0 Å². The van der Waals surface area contributed by atoms with Crippen molar-refractivity contribution in [1.82, 2.24) is 49.0 Å². The number of rotatable bonds is 10. The number of nitrogens with zero attached hydrogens (tertiary/aromatic N) is 10. The molecule has 3 fully saturated rings. The number of pyridine rings is 1. The third-order valence-electron chi connectivity index (χ3n) is 10.8. The molecule has 3 amide bonds. The lowest BCUT2D eigenvalue weighted by Crippen LogP contribution is -2.52. The Labute approximate surface area is 330 Å². The molecule has 4 aliphatic rings. The van der Waals surface area contributed by atoms with Crippen LogP contribution in [-0.2, 0) is 32.7 Å². The first-order valence-electron chi connectivity index (χ1n) is 18.6. The zero-order valence-corrected chi connectivity index (χ0v) is 33.1. The van der Waals surface area contributed by atoms with E-state index in [1.165, 1.54) is 12.4 Å². The quantitative estimate of drug-likeness (QED) is 0.194. The average Bonchev–Trinajstić information content (AvgIpc) is 3.66. The summed E-state index contributed by atoms with van der Waals surface area (Å²) in [6.45, 7) is 8.32. The molecule has 1 saturated carbocycles. The minimum atomic E-state index is -3.50. The molecule has 3 aliphatic heterocycles. The number of amides is 3. The molecule has 1 aromatic carbocycles. The molecule has 9 rings (SSSR count). The topological polar surface area (TPSA) is 193 Å². The predicted molar refractivity (Wildman–Crippen MR) is 209 cm³/mol. The molecule has 0 radical (unpaired) electrons. The number of carbonyl (C=O) groups excluding carboxylic acids is 3. The standard InChI is InChI=1S/C37H39BrN12O5S/c1-21(2)50-29-15-31(42-30-9-10-39-34(43-30)23-16-41-49(19-23)56(54,55)24-4-5-24)40-17-26(29)35(45-50)47-13-11-46(12-14-47)18-22-3-6-25-27(33(22)38)20-48(37(25)53)28-7-8-32(51)44-36(28)52/h3,6,9-10,15-17,19,21,24,28H,4-5,7-8,11-14,18,20H2,1-2H3,(H,44,51,52)(H,39,40,42,43). The first-order valence-corrected chi connectivity index (χ1v) is 20.9. The molecule has 7 heterocycles. The van der Waals surface area contributed by atoms with Gasteiger partial charge in [0.2, 0.25) is 11.8 Å². The number of anilines is 3. The highest BCUT2D eigenvalue weighted by Crippen LogP contribution is 2.36. The van der Waals surface area contributed by atoms with E-state index in [1.807, 2.05) is 29.1 Å². The van der Waals surface area contributed by atoms with Crippen molar-refractivity contribution in [2.24, 2.45) is 0 Å². The van der Waals surface area contributed by atoms with Gasteiger partial charge >= 0.3 is 0 Å². The Morgan fingerprint density at radius 2 is 1.80 bits per heavy atom. The maximum absolute atomic E-state index is 13.3. The van der Waals surface area contributed by atoms with Crippen LogP contribution in [0.5, 0.6) is 0 Å². The second-order valence-electron chi connectivity index (χ2n) is 14.9. The van der Waals surface area contributed by atoms with Gasteiger partial charge in [-0.05, 0) is 56.4 Å². The number of aromatic nitrogens is 7. The lowest BCUT2D eigenvalue weighted by Gasteiger charge is -2.35. The number of hydrogen-bond acceptors (Lipinski definition) is 13. The monoisotopic (exact) mass is 842 g/mol. The van der Waals surface area contributed by atoms with Crippen molar-refractivity contribution >= 4 is 72.0 Å². The van der Waals surface area contributed by atoms with E-state index in [2.05, 4.69) is 65.3 Å². The number of benzene rings is 1. The lowest BCUT2D eigenvalue weighted by atomic mass is 10.0. The van der Waals surface area contributed by atoms with Crippen molar-refractivity contribution in [3.8, 4) is 11.4 Å². The second kappa shape index (κ2) is 14.0. The largest absolute Gasteiger partial charge is 0.352 e. The van der Waals surface area contributed by atoms with Crippen LogP contribution < -0.4 is 15.5 Å². The van der Waals surface area contributed by atoms with Gasteiger partial charge < -0.3 is 15.1 Å². The fourth-order valence-corrected chi connectivity index (χ4v) is 9.69. The minimum Gasteiger partial charge on any atom is -0.352 e. The molecule has 0 spiro atoms. The Kier molecular flexibility index (Phi) is 9.12. The molecule has 4 aromatic heterocycles. The van der Waals surface area contributed by atoms with Crippen LogP contribution in [0.15, 0.2) is 53.5 Å². The second-order valence-corrected chi connectivity index (χ2v) is 17.8. The molecule has 5 aromatic rings. The zero-order chi connectivity index (χ0) is 38.9. The van der Waals surface area contributed by atoms with Crippen LogP contribution in [0, 0.1) is 0 Å².